The van der Waals surface area contributed by atoms with Crippen LogP contribution in [0.25, 0.3) is 0 Å². The van der Waals surface area contributed by atoms with E-state index in [1.54, 1.807) is 0 Å². The van der Waals surface area contributed by atoms with Gasteiger partial charge in [-0.15, -0.1) is 0 Å². The summed E-state index contributed by atoms with van der Waals surface area (Å²) in [5, 5.41) is 1.40. The molecule has 3 unspecified atom stereocenters. The Morgan fingerprint density at radius 1 is 1.26 bits per heavy atom. The lowest BCUT2D eigenvalue weighted by Crippen LogP contribution is -2.00. The van der Waals surface area contributed by atoms with Crippen LogP contribution in [0.4, 0.5) is 0 Å². The lowest BCUT2D eigenvalue weighted by atomic mass is 10.0. The number of benzene rings is 1. The zero-order valence-corrected chi connectivity index (χ0v) is 13.9. The molecule has 0 saturated heterocycles. The quantitative estimate of drug-likeness (QED) is 0.607. The molecule has 0 spiro atoms. The SMILES string of the molecule is CCOc1cc(Cl)c(C(Br)C2C3CCCC32)cc1Cl. The van der Waals surface area contributed by atoms with Gasteiger partial charge >= 0.3 is 0 Å². The van der Waals surface area contributed by atoms with Crippen molar-refractivity contribution in [3.05, 3.63) is 27.7 Å². The molecule has 0 heterocycles. The van der Waals surface area contributed by atoms with Crippen molar-refractivity contribution < 1.29 is 4.74 Å². The molecule has 0 aromatic heterocycles. The normalized spacial score (nSPS) is 30.0. The lowest BCUT2D eigenvalue weighted by Gasteiger charge is -2.16. The maximum absolute atomic E-state index is 6.39. The molecular formula is C15H17BrCl2O. The molecule has 2 aliphatic rings. The van der Waals surface area contributed by atoms with E-state index in [1.165, 1.54) is 19.3 Å². The minimum Gasteiger partial charge on any atom is -0.492 e. The Labute approximate surface area is 132 Å². The van der Waals surface area contributed by atoms with E-state index in [-0.39, 0.29) is 0 Å². The Morgan fingerprint density at radius 3 is 2.58 bits per heavy atom. The Hall–Kier alpha value is 0.0800. The van der Waals surface area contributed by atoms with Gasteiger partial charge in [0, 0.05) is 15.9 Å². The number of alkyl halides is 1. The van der Waals surface area contributed by atoms with Gasteiger partial charge in [0.1, 0.15) is 5.75 Å². The van der Waals surface area contributed by atoms with Gasteiger partial charge in [-0.2, -0.15) is 0 Å². The van der Waals surface area contributed by atoms with Gasteiger partial charge in [0.2, 0.25) is 0 Å². The summed E-state index contributed by atoms with van der Waals surface area (Å²) in [7, 11) is 0. The number of hydrogen-bond donors (Lipinski definition) is 0. The topological polar surface area (TPSA) is 9.23 Å². The van der Waals surface area contributed by atoms with Crippen molar-refractivity contribution in [1.29, 1.82) is 0 Å². The third-order valence-electron chi connectivity index (χ3n) is 4.46. The summed E-state index contributed by atoms with van der Waals surface area (Å²) in [5.74, 6) is 3.20. The summed E-state index contributed by atoms with van der Waals surface area (Å²) in [6.07, 6.45) is 4.14. The Bertz CT molecular complexity index is 481. The first kappa shape index (κ1) is 14.0. The van der Waals surface area contributed by atoms with E-state index in [0.29, 0.717) is 22.2 Å². The molecule has 3 atom stereocenters. The molecule has 2 aliphatic carbocycles. The van der Waals surface area contributed by atoms with Crippen LogP contribution in [0.2, 0.25) is 10.0 Å². The maximum Gasteiger partial charge on any atom is 0.139 e. The number of ether oxygens (including phenoxy) is 1. The van der Waals surface area contributed by atoms with Gasteiger partial charge in [0.25, 0.3) is 0 Å². The van der Waals surface area contributed by atoms with E-state index >= 15 is 0 Å². The molecule has 2 saturated carbocycles. The minimum absolute atomic E-state index is 0.323. The Morgan fingerprint density at radius 2 is 1.95 bits per heavy atom. The monoisotopic (exact) mass is 362 g/mol. The molecule has 3 rings (SSSR count). The van der Waals surface area contributed by atoms with Gasteiger partial charge in [-0.3, -0.25) is 0 Å². The first-order valence-corrected chi connectivity index (χ1v) is 8.56. The van der Waals surface area contributed by atoms with E-state index in [2.05, 4.69) is 15.9 Å². The molecule has 0 amide bonds. The third-order valence-corrected chi connectivity index (χ3v) is 6.19. The van der Waals surface area contributed by atoms with Crippen molar-refractivity contribution in [3.8, 4) is 5.75 Å². The van der Waals surface area contributed by atoms with E-state index in [0.717, 1.165) is 28.3 Å². The number of rotatable bonds is 4. The third kappa shape index (κ3) is 2.52. The van der Waals surface area contributed by atoms with Crippen LogP contribution < -0.4 is 4.74 Å². The van der Waals surface area contributed by atoms with Crippen LogP contribution >= 0.6 is 39.1 Å². The second kappa shape index (κ2) is 5.46. The van der Waals surface area contributed by atoms with Gasteiger partial charge < -0.3 is 4.74 Å². The Kier molecular flexibility index (Phi) is 4.03. The van der Waals surface area contributed by atoms with E-state index in [4.69, 9.17) is 27.9 Å². The molecule has 0 bridgehead atoms. The first-order chi connectivity index (χ1) is 9.13. The summed E-state index contributed by atoms with van der Waals surface area (Å²) in [4.78, 5) is 0.323. The number of fused-ring (bicyclic) bond motifs is 1. The summed E-state index contributed by atoms with van der Waals surface area (Å²) in [6.45, 7) is 2.54. The summed E-state index contributed by atoms with van der Waals surface area (Å²) >= 11 is 16.5. The van der Waals surface area contributed by atoms with Crippen LogP contribution in [-0.2, 0) is 0 Å². The van der Waals surface area contributed by atoms with Crippen molar-refractivity contribution in [3.63, 3.8) is 0 Å². The van der Waals surface area contributed by atoms with E-state index < -0.39 is 0 Å². The summed E-state index contributed by atoms with van der Waals surface area (Å²) in [6, 6.07) is 3.80. The molecule has 4 heteroatoms. The molecule has 0 radical (unpaired) electrons. The molecule has 104 valence electrons. The fourth-order valence-corrected chi connectivity index (χ4v) is 5.33. The van der Waals surface area contributed by atoms with Gasteiger partial charge in [0.05, 0.1) is 11.6 Å². The van der Waals surface area contributed by atoms with Crippen LogP contribution in [0.3, 0.4) is 0 Å². The van der Waals surface area contributed by atoms with Crippen LogP contribution in [0.5, 0.6) is 5.75 Å². The van der Waals surface area contributed by atoms with Gasteiger partial charge in [-0.25, -0.2) is 0 Å². The predicted octanol–water partition coefficient (Wildman–Crippen LogP) is 5.87. The fourth-order valence-electron chi connectivity index (χ4n) is 3.54. The molecule has 2 fully saturated rings. The second-order valence-electron chi connectivity index (χ2n) is 5.47. The van der Waals surface area contributed by atoms with Crippen molar-refractivity contribution >= 4 is 39.1 Å². The zero-order chi connectivity index (χ0) is 13.6. The highest BCUT2D eigenvalue weighted by molar-refractivity contribution is 9.09. The van der Waals surface area contributed by atoms with Crippen molar-refractivity contribution in [2.45, 2.75) is 31.0 Å². The first-order valence-electron chi connectivity index (χ1n) is 6.89. The van der Waals surface area contributed by atoms with E-state index in [1.807, 2.05) is 19.1 Å². The standard InChI is InChI=1S/C15H17BrCl2O/c1-2-19-13-7-11(17)10(6-12(13)18)15(16)14-8-4-3-5-9(8)14/h6-9,14-15H,2-5H2,1H3. The second-order valence-corrected chi connectivity index (χ2v) is 7.28. The van der Waals surface area contributed by atoms with Gasteiger partial charge in [0.15, 0.2) is 0 Å². The average Bonchev–Trinajstić information content (AvgIpc) is 2.86. The number of halogens is 3. The highest BCUT2D eigenvalue weighted by Gasteiger charge is 2.55. The molecule has 19 heavy (non-hydrogen) atoms. The number of hydrogen-bond acceptors (Lipinski definition) is 1. The smallest absolute Gasteiger partial charge is 0.139 e. The minimum atomic E-state index is 0.323. The summed E-state index contributed by atoms with van der Waals surface area (Å²) in [5.41, 5.74) is 1.11. The van der Waals surface area contributed by atoms with Crippen molar-refractivity contribution in [2.75, 3.05) is 6.61 Å². The lowest BCUT2D eigenvalue weighted by molar-refractivity contribution is 0.340. The molecule has 0 aliphatic heterocycles. The molecule has 1 aromatic rings. The predicted molar refractivity (Wildman–Crippen MR) is 83.6 cm³/mol. The van der Waals surface area contributed by atoms with Gasteiger partial charge in [-0.05, 0) is 49.1 Å². The van der Waals surface area contributed by atoms with Gasteiger partial charge in [-0.1, -0.05) is 45.6 Å². The molecule has 1 aromatic carbocycles. The van der Waals surface area contributed by atoms with E-state index in [9.17, 15) is 0 Å². The zero-order valence-electron chi connectivity index (χ0n) is 10.8. The molecule has 0 N–H and O–H groups in total. The highest BCUT2D eigenvalue weighted by atomic mass is 79.9. The van der Waals surface area contributed by atoms with Crippen LogP contribution in [0.15, 0.2) is 12.1 Å². The summed E-state index contributed by atoms with van der Waals surface area (Å²) < 4.78 is 5.47. The largest absolute Gasteiger partial charge is 0.492 e. The van der Waals surface area contributed by atoms with Crippen LogP contribution in [0.1, 0.15) is 36.6 Å². The highest BCUT2D eigenvalue weighted by Crippen LogP contribution is 2.65. The Balaban J connectivity index is 1.82. The maximum atomic E-state index is 6.39. The molecule has 1 nitrogen and oxygen atoms in total. The van der Waals surface area contributed by atoms with Crippen LogP contribution in [-0.4, -0.2) is 6.61 Å². The van der Waals surface area contributed by atoms with Crippen molar-refractivity contribution in [2.24, 2.45) is 17.8 Å². The van der Waals surface area contributed by atoms with Crippen molar-refractivity contribution in [1.82, 2.24) is 0 Å². The average molecular weight is 364 g/mol. The van der Waals surface area contributed by atoms with Crippen LogP contribution in [0, 0.1) is 17.8 Å². The molecular weight excluding hydrogens is 347 g/mol. The fraction of sp³-hybridized carbons (Fsp3) is 0.600.